The van der Waals surface area contributed by atoms with E-state index < -0.39 is 17.4 Å². The SMILES string of the molecule is Cc1ncccc1Oc1c(F)cc(CN)cc1F. The normalized spacial score (nSPS) is 10.4. The van der Waals surface area contributed by atoms with Gasteiger partial charge in [-0.05, 0) is 36.8 Å². The molecule has 2 aromatic rings. The van der Waals surface area contributed by atoms with Crippen molar-refractivity contribution < 1.29 is 13.5 Å². The molecule has 94 valence electrons. The Labute approximate surface area is 103 Å². The molecule has 2 N–H and O–H groups in total. The topological polar surface area (TPSA) is 48.1 Å². The Bertz CT molecular complexity index is 550. The molecule has 0 fully saturated rings. The Balaban J connectivity index is 2.38. The van der Waals surface area contributed by atoms with Crippen molar-refractivity contribution in [2.24, 2.45) is 5.73 Å². The molecular weight excluding hydrogens is 238 g/mol. The fraction of sp³-hybridized carbons (Fsp3) is 0.154. The molecule has 1 heterocycles. The number of ether oxygens (including phenoxy) is 1. The summed E-state index contributed by atoms with van der Waals surface area (Å²) < 4.78 is 32.6. The van der Waals surface area contributed by atoms with Crippen LogP contribution in [0.2, 0.25) is 0 Å². The van der Waals surface area contributed by atoms with E-state index in [4.69, 9.17) is 10.5 Å². The molecule has 0 aliphatic heterocycles. The Morgan fingerprint density at radius 3 is 2.50 bits per heavy atom. The third-order valence-corrected chi connectivity index (χ3v) is 2.46. The van der Waals surface area contributed by atoms with E-state index in [1.807, 2.05) is 0 Å². The predicted molar refractivity (Wildman–Crippen MR) is 63.3 cm³/mol. The van der Waals surface area contributed by atoms with Crippen LogP contribution in [0.5, 0.6) is 11.5 Å². The van der Waals surface area contributed by atoms with E-state index in [1.165, 1.54) is 0 Å². The minimum atomic E-state index is -0.779. The van der Waals surface area contributed by atoms with Gasteiger partial charge in [0.2, 0.25) is 0 Å². The Morgan fingerprint density at radius 2 is 1.94 bits per heavy atom. The van der Waals surface area contributed by atoms with E-state index >= 15 is 0 Å². The molecule has 18 heavy (non-hydrogen) atoms. The molecule has 0 radical (unpaired) electrons. The van der Waals surface area contributed by atoms with Crippen molar-refractivity contribution in [3.05, 3.63) is 53.4 Å². The van der Waals surface area contributed by atoms with Crippen LogP contribution in [0, 0.1) is 18.6 Å². The van der Waals surface area contributed by atoms with E-state index in [0.29, 0.717) is 17.0 Å². The van der Waals surface area contributed by atoms with Crippen LogP contribution in [-0.2, 0) is 6.54 Å². The maximum absolute atomic E-state index is 13.7. The van der Waals surface area contributed by atoms with Gasteiger partial charge >= 0.3 is 0 Å². The number of nitrogens with two attached hydrogens (primary N) is 1. The summed E-state index contributed by atoms with van der Waals surface area (Å²) >= 11 is 0. The molecule has 1 aromatic carbocycles. The summed E-state index contributed by atoms with van der Waals surface area (Å²) in [5.74, 6) is -1.68. The van der Waals surface area contributed by atoms with Crippen LogP contribution in [0.1, 0.15) is 11.3 Å². The number of pyridine rings is 1. The third-order valence-electron chi connectivity index (χ3n) is 2.46. The van der Waals surface area contributed by atoms with Gasteiger partial charge in [-0.25, -0.2) is 8.78 Å². The van der Waals surface area contributed by atoms with Gasteiger partial charge in [0.25, 0.3) is 0 Å². The lowest BCUT2D eigenvalue weighted by Crippen LogP contribution is -2.01. The Hall–Kier alpha value is -2.01. The number of aryl methyl sites for hydroxylation is 1. The molecule has 0 amide bonds. The van der Waals surface area contributed by atoms with Crippen molar-refractivity contribution in [1.82, 2.24) is 4.98 Å². The highest BCUT2D eigenvalue weighted by Crippen LogP contribution is 2.29. The molecule has 0 aliphatic carbocycles. The van der Waals surface area contributed by atoms with Gasteiger partial charge in [0, 0.05) is 12.7 Å². The van der Waals surface area contributed by atoms with Gasteiger partial charge in [-0.2, -0.15) is 0 Å². The predicted octanol–water partition coefficient (Wildman–Crippen LogP) is 2.92. The largest absolute Gasteiger partial charge is 0.449 e. The second kappa shape index (κ2) is 5.10. The number of rotatable bonds is 3. The lowest BCUT2D eigenvalue weighted by atomic mass is 10.2. The van der Waals surface area contributed by atoms with Crippen molar-refractivity contribution >= 4 is 0 Å². The molecule has 5 heteroatoms. The maximum Gasteiger partial charge on any atom is 0.198 e. The van der Waals surface area contributed by atoms with Crippen LogP contribution < -0.4 is 10.5 Å². The first-order valence-corrected chi connectivity index (χ1v) is 5.39. The fourth-order valence-electron chi connectivity index (χ4n) is 1.52. The molecule has 1 aromatic heterocycles. The zero-order valence-electron chi connectivity index (χ0n) is 9.78. The van der Waals surface area contributed by atoms with Crippen molar-refractivity contribution in [3.63, 3.8) is 0 Å². The molecule has 0 saturated carbocycles. The lowest BCUT2D eigenvalue weighted by Gasteiger charge is -2.10. The second-order valence-electron chi connectivity index (χ2n) is 3.78. The molecule has 0 aliphatic rings. The molecule has 3 nitrogen and oxygen atoms in total. The number of benzene rings is 1. The minimum absolute atomic E-state index is 0.0695. The zero-order chi connectivity index (χ0) is 13.1. The third kappa shape index (κ3) is 2.46. The van der Waals surface area contributed by atoms with Gasteiger partial charge in [-0.1, -0.05) is 0 Å². The number of nitrogens with zero attached hydrogens (tertiary/aromatic N) is 1. The van der Waals surface area contributed by atoms with Crippen LogP contribution in [0.3, 0.4) is 0 Å². The summed E-state index contributed by atoms with van der Waals surface area (Å²) in [7, 11) is 0. The maximum atomic E-state index is 13.7. The van der Waals surface area contributed by atoms with Crippen LogP contribution >= 0.6 is 0 Å². The Morgan fingerprint density at radius 1 is 1.28 bits per heavy atom. The first-order valence-electron chi connectivity index (χ1n) is 5.39. The summed E-state index contributed by atoms with van der Waals surface area (Å²) in [6, 6.07) is 5.54. The first kappa shape index (κ1) is 12.4. The van der Waals surface area contributed by atoms with Gasteiger partial charge in [0.05, 0.1) is 5.69 Å². The molecule has 0 spiro atoms. The highest BCUT2D eigenvalue weighted by atomic mass is 19.1. The highest BCUT2D eigenvalue weighted by Gasteiger charge is 2.14. The van der Waals surface area contributed by atoms with Crippen LogP contribution in [0.15, 0.2) is 30.5 Å². The van der Waals surface area contributed by atoms with Crippen molar-refractivity contribution in [2.45, 2.75) is 13.5 Å². The standard InChI is InChI=1S/C13H12F2N2O/c1-8-12(3-2-4-17-8)18-13-10(14)5-9(7-16)6-11(13)15/h2-6H,7,16H2,1H3. The summed E-state index contributed by atoms with van der Waals surface area (Å²) in [4.78, 5) is 3.98. The van der Waals surface area contributed by atoms with Gasteiger partial charge in [-0.3, -0.25) is 4.98 Å². The van der Waals surface area contributed by atoms with Crippen molar-refractivity contribution in [1.29, 1.82) is 0 Å². The van der Waals surface area contributed by atoms with Gasteiger partial charge in [0.15, 0.2) is 17.4 Å². The lowest BCUT2D eigenvalue weighted by molar-refractivity contribution is 0.403. The van der Waals surface area contributed by atoms with Gasteiger partial charge in [-0.15, -0.1) is 0 Å². The van der Waals surface area contributed by atoms with E-state index in [9.17, 15) is 8.78 Å². The molecular formula is C13H12F2N2O. The van der Waals surface area contributed by atoms with Crippen molar-refractivity contribution in [2.75, 3.05) is 0 Å². The molecule has 0 unspecified atom stereocenters. The second-order valence-corrected chi connectivity index (χ2v) is 3.78. The fourth-order valence-corrected chi connectivity index (χ4v) is 1.52. The zero-order valence-corrected chi connectivity index (χ0v) is 9.78. The summed E-state index contributed by atoms with van der Waals surface area (Å²) in [6.45, 7) is 1.76. The number of hydrogen-bond acceptors (Lipinski definition) is 3. The first-order chi connectivity index (χ1) is 8.61. The van der Waals surface area contributed by atoms with Gasteiger partial charge in [0.1, 0.15) is 5.75 Å². The number of halogens is 2. The molecule has 0 bridgehead atoms. The van der Waals surface area contributed by atoms with E-state index in [1.54, 1.807) is 25.3 Å². The van der Waals surface area contributed by atoms with Crippen LogP contribution in [-0.4, -0.2) is 4.98 Å². The molecule has 0 saturated heterocycles. The minimum Gasteiger partial charge on any atom is -0.449 e. The van der Waals surface area contributed by atoms with Crippen LogP contribution in [0.4, 0.5) is 8.78 Å². The summed E-state index contributed by atoms with van der Waals surface area (Å²) in [6.07, 6.45) is 1.58. The average Bonchev–Trinajstić information content (AvgIpc) is 2.35. The molecule has 0 atom stereocenters. The van der Waals surface area contributed by atoms with Crippen molar-refractivity contribution in [3.8, 4) is 11.5 Å². The highest BCUT2D eigenvalue weighted by molar-refractivity contribution is 5.37. The van der Waals surface area contributed by atoms with Gasteiger partial charge < -0.3 is 10.5 Å². The number of hydrogen-bond donors (Lipinski definition) is 1. The Kier molecular flexibility index (Phi) is 3.53. The smallest absolute Gasteiger partial charge is 0.198 e. The number of aromatic nitrogens is 1. The summed E-state index contributed by atoms with van der Waals surface area (Å²) in [5, 5.41) is 0. The quantitative estimate of drug-likeness (QED) is 0.911. The monoisotopic (exact) mass is 250 g/mol. The molecule has 2 rings (SSSR count). The van der Waals surface area contributed by atoms with E-state index in [0.717, 1.165) is 12.1 Å². The van der Waals surface area contributed by atoms with E-state index in [-0.39, 0.29) is 6.54 Å². The van der Waals surface area contributed by atoms with E-state index in [2.05, 4.69) is 4.98 Å². The average molecular weight is 250 g/mol. The van der Waals surface area contributed by atoms with Crippen LogP contribution in [0.25, 0.3) is 0 Å². The summed E-state index contributed by atoms with van der Waals surface area (Å²) in [5.41, 5.74) is 6.26.